The Morgan fingerprint density at radius 3 is 2.65 bits per heavy atom. The Hall–Kier alpha value is -0.380. The largest absolute Gasteiger partial charge is 0.326 e. The van der Waals surface area contributed by atoms with Crippen molar-refractivity contribution < 1.29 is 0 Å². The van der Waals surface area contributed by atoms with E-state index >= 15 is 0 Å². The van der Waals surface area contributed by atoms with E-state index in [1.807, 2.05) is 11.3 Å². The molecule has 2 fully saturated rings. The second-order valence-corrected chi connectivity index (χ2v) is 8.06. The van der Waals surface area contributed by atoms with E-state index < -0.39 is 0 Å². The van der Waals surface area contributed by atoms with Crippen LogP contribution in [0.3, 0.4) is 0 Å². The average molecular weight is 292 g/mol. The molecule has 2 unspecified atom stereocenters. The summed E-state index contributed by atoms with van der Waals surface area (Å²) in [6, 6.07) is 5.99. The molecule has 20 heavy (non-hydrogen) atoms. The molecule has 3 rings (SSSR count). The molecule has 0 radical (unpaired) electrons. The fourth-order valence-electron chi connectivity index (χ4n) is 4.35. The highest BCUT2D eigenvalue weighted by Crippen LogP contribution is 2.41. The maximum atomic E-state index is 6.40. The van der Waals surface area contributed by atoms with Crippen LogP contribution in [-0.2, 0) is 0 Å². The second kappa shape index (κ2) is 6.17. The number of rotatable bonds is 3. The van der Waals surface area contributed by atoms with Crippen LogP contribution in [0.4, 0.5) is 0 Å². The Morgan fingerprint density at radius 2 is 1.95 bits per heavy atom. The maximum Gasteiger partial charge on any atom is 0.0593 e. The van der Waals surface area contributed by atoms with Crippen molar-refractivity contribution in [1.29, 1.82) is 0 Å². The number of hydrogen-bond donors (Lipinski definition) is 1. The standard InChI is InChI=1S/C17H28N2S/c1-12-9-10-16(20-12)17(13(2)18)19-11-5-7-14-6-3-4-8-15(14)19/h9-10,13-15,17H,3-8,11,18H2,1-2H3/t13?,14-,15-,17?/m1/s1. The lowest BCUT2D eigenvalue weighted by molar-refractivity contribution is 0.0191. The lowest BCUT2D eigenvalue weighted by atomic mass is 9.77. The van der Waals surface area contributed by atoms with E-state index in [-0.39, 0.29) is 6.04 Å². The summed E-state index contributed by atoms with van der Waals surface area (Å²) < 4.78 is 0. The first-order valence-corrected chi connectivity index (χ1v) is 9.06. The van der Waals surface area contributed by atoms with Crippen molar-refractivity contribution in [3.63, 3.8) is 0 Å². The predicted octanol–water partition coefficient (Wildman–Crippen LogP) is 4.10. The van der Waals surface area contributed by atoms with E-state index in [1.54, 1.807) is 0 Å². The van der Waals surface area contributed by atoms with Crippen LogP contribution in [0.15, 0.2) is 12.1 Å². The number of likely N-dealkylation sites (tertiary alicyclic amines) is 1. The van der Waals surface area contributed by atoms with Gasteiger partial charge in [0.2, 0.25) is 0 Å². The van der Waals surface area contributed by atoms with Gasteiger partial charge in [0.1, 0.15) is 0 Å². The fourth-order valence-corrected chi connectivity index (χ4v) is 5.46. The zero-order valence-electron chi connectivity index (χ0n) is 12.8. The minimum Gasteiger partial charge on any atom is -0.326 e. The van der Waals surface area contributed by atoms with E-state index in [2.05, 4.69) is 30.9 Å². The summed E-state index contributed by atoms with van der Waals surface area (Å²) in [7, 11) is 0. The smallest absolute Gasteiger partial charge is 0.0593 e. The van der Waals surface area contributed by atoms with E-state index in [4.69, 9.17) is 5.73 Å². The van der Waals surface area contributed by atoms with Crippen LogP contribution in [0.1, 0.15) is 61.2 Å². The van der Waals surface area contributed by atoms with Gasteiger partial charge >= 0.3 is 0 Å². The van der Waals surface area contributed by atoms with E-state index in [9.17, 15) is 0 Å². The van der Waals surface area contributed by atoms with Crippen LogP contribution in [-0.4, -0.2) is 23.5 Å². The summed E-state index contributed by atoms with van der Waals surface area (Å²) in [6.45, 7) is 5.63. The number of fused-ring (bicyclic) bond motifs is 1. The molecule has 4 atom stereocenters. The molecule has 112 valence electrons. The molecule has 1 aliphatic carbocycles. The number of hydrogen-bond acceptors (Lipinski definition) is 3. The lowest BCUT2D eigenvalue weighted by Gasteiger charge is -2.48. The van der Waals surface area contributed by atoms with Crippen molar-refractivity contribution in [2.75, 3.05) is 6.54 Å². The molecule has 0 bridgehead atoms. The molecule has 1 aromatic heterocycles. The maximum absolute atomic E-state index is 6.40. The Bertz CT molecular complexity index is 438. The van der Waals surface area contributed by atoms with Gasteiger partial charge in [-0.25, -0.2) is 0 Å². The molecule has 1 aliphatic heterocycles. The predicted molar refractivity (Wildman–Crippen MR) is 87.1 cm³/mol. The van der Waals surface area contributed by atoms with Gasteiger partial charge in [0.15, 0.2) is 0 Å². The minimum atomic E-state index is 0.216. The van der Waals surface area contributed by atoms with E-state index in [1.165, 1.54) is 54.8 Å². The highest BCUT2D eigenvalue weighted by atomic mass is 32.1. The van der Waals surface area contributed by atoms with Gasteiger partial charge in [-0.05, 0) is 64.1 Å². The summed E-state index contributed by atoms with van der Waals surface area (Å²) in [4.78, 5) is 5.65. The molecule has 1 saturated heterocycles. The highest BCUT2D eigenvalue weighted by Gasteiger charge is 2.38. The topological polar surface area (TPSA) is 29.3 Å². The summed E-state index contributed by atoms with van der Waals surface area (Å²) >= 11 is 1.94. The first kappa shape index (κ1) is 14.6. The summed E-state index contributed by atoms with van der Waals surface area (Å²) in [6.07, 6.45) is 8.47. The van der Waals surface area contributed by atoms with Crippen molar-refractivity contribution >= 4 is 11.3 Å². The summed E-state index contributed by atoms with van der Waals surface area (Å²) in [5.74, 6) is 0.930. The summed E-state index contributed by atoms with van der Waals surface area (Å²) in [5, 5.41) is 0. The van der Waals surface area contributed by atoms with Crippen LogP contribution in [0, 0.1) is 12.8 Å². The van der Waals surface area contributed by atoms with Crippen LogP contribution >= 0.6 is 11.3 Å². The molecule has 2 nitrogen and oxygen atoms in total. The van der Waals surface area contributed by atoms with Crippen molar-refractivity contribution in [3.05, 3.63) is 21.9 Å². The monoisotopic (exact) mass is 292 g/mol. The third-order valence-electron chi connectivity index (χ3n) is 5.19. The fraction of sp³-hybridized carbons (Fsp3) is 0.765. The quantitative estimate of drug-likeness (QED) is 0.909. The Labute approximate surface area is 127 Å². The molecule has 1 saturated carbocycles. The average Bonchev–Trinajstić information content (AvgIpc) is 2.85. The van der Waals surface area contributed by atoms with Gasteiger partial charge in [0.05, 0.1) is 6.04 Å². The Kier molecular flexibility index (Phi) is 4.49. The number of nitrogens with zero attached hydrogens (tertiary/aromatic N) is 1. The zero-order valence-corrected chi connectivity index (χ0v) is 13.7. The van der Waals surface area contributed by atoms with Crippen LogP contribution < -0.4 is 5.73 Å². The first-order chi connectivity index (χ1) is 9.66. The molecule has 0 amide bonds. The third-order valence-corrected chi connectivity index (χ3v) is 6.27. The number of thiophene rings is 1. The van der Waals surface area contributed by atoms with Gasteiger partial charge in [-0.2, -0.15) is 0 Å². The van der Waals surface area contributed by atoms with Gasteiger partial charge in [0.25, 0.3) is 0 Å². The normalized spacial score (nSPS) is 30.8. The third kappa shape index (κ3) is 2.81. The number of aryl methyl sites for hydroxylation is 1. The minimum absolute atomic E-state index is 0.216. The van der Waals surface area contributed by atoms with Crippen molar-refractivity contribution in [3.8, 4) is 0 Å². The highest BCUT2D eigenvalue weighted by molar-refractivity contribution is 7.12. The summed E-state index contributed by atoms with van der Waals surface area (Å²) in [5.41, 5.74) is 6.40. The second-order valence-electron chi connectivity index (χ2n) is 6.74. The lowest BCUT2D eigenvalue weighted by Crippen LogP contribution is -2.51. The molecule has 0 aromatic carbocycles. The first-order valence-electron chi connectivity index (χ1n) is 8.24. The van der Waals surface area contributed by atoms with E-state index in [0.717, 1.165) is 12.0 Å². The van der Waals surface area contributed by atoms with Crippen molar-refractivity contribution in [2.24, 2.45) is 11.7 Å². The van der Waals surface area contributed by atoms with E-state index in [0.29, 0.717) is 6.04 Å². The van der Waals surface area contributed by atoms with Crippen LogP contribution in [0.2, 0.25) is 0 Å². The molecular formula is C17H28N2S. The van der Waals surface area contributed by atoms with Gasteiger partial charge in [-0.1, -0.05) is 12.8 Å². The van der Waals surface area contributed by atoms with Crippen LogP contribution in [0.25, 0.3) is 0 Å². The van der Waals surface area contributed by atoms with Crippen molar-refractivity contribution in [1.82, 2.24) is 4.90 Å². The van der Waals surface area contributed by atoms with Crippen LogP contribution in [0.5, 0.6) is 0 Å². The van der Waals surface area contributed by atoms with Gasteiger partial charge in [0, 0.05) is 21.8 Å². The Morgan fingerprint density at radius 1 is 1.20 bits per heavy atom. The number of piperidine rings is 1. The SMILES string of the molecule is Cc1ccc(C(C(C)N)N2CCC[C@H]3CCCC[C@H]32)s1. The number of nitrogens with two attached hydrogens (primary N) is 1. The molecule has 1 aromatic rings. The molecule has 3 heteroatoms. The van der Waals surface area contributed by atoms with Crippen molar-refractivity contribution in [2.45, 2.75) is 70.5 Å². The van der Waals surface area contributed by atoms with Gasteiger partial charge < -0.3 is 5.73 Å². The van der Waals surface area contributed by atoms with Gasteiger partial charge in [-0.3, -0.25) is 4.90 Å². The molecular weight excluding hydrogens is 264 g/mol. The molecule has 2 aliphatic rings. The molecule has 0 spiro atoms. The Balaban J connectivity index is 1.86. The molecule has 2 heterocycles. The van der Waals surface area contributed by atoms with Gasteiger partial charge in [-0.15, -0.1) is 11.3 Å². The molecule has 2 N–H and O–H groups in total. The zero-order chi connectivity index (χ0) is 14.1.